The zero-order valence-electron chi connectivity index (χ0n) is 10.1. The molecule has 18 heavy (non-hydrogen) atoms. The maximum atomic E-state index is 5.57. The van der Waals surface area contributed by atoms with E-state index >= 15 is 0 Å². The van der Waals surface area contributed by atoms with Gasteiger partial charge in [-0.1, -0.05) is 12.1 Å². The van der Waals surface area contributed by atoms with Crippen LogP contribution in [0.1, 0.15) is 19.2 Å². The van der Waals surface area contributed by atoms with Crippen LogP contribution in [0.2, 0.25) is 0 Å². The number of pyridine rings is 1. The van der Waals surface area contributed by atoms with Crippen molar-refractivity contribution in [2.75, 3.05) is 6.54 Å². The van der Waals surface area contributed by atoms with Crippen LogP contribution in [0, 0.1) is 5.92 Å². The third-order valence-electron chi connectivity index (χ3n) is 2.69. The van der Waals surface area contributed by atoms with Crippen LogP contribution in [0.5, 0.6) is 0 Å². The second kappa shape index (κ2) is 6.06. The van der Waals surface area contributed by atoms with E-state index in [0.717, 1.165) is 17.3 Å². The van der Waals surface area contributed by atoms with Crippen LogP contribution in [0.3, 0.4) is 0 Å². The standard InChI is InChI=1S/C12H15BrN4O/c1-8(7-14)4-5-10-16-12(17-18-10)11-9(13)3-2-6-15-11/h2-3,6,8H,4-5,7,14H2,1H3. The molecule has 96 valence electrons. The highest BCUT2D eigenvalue weighted by atomic mass is 79.9. The molecule has 0 aliphatic heterocycles. The highest BCUT2D eigenvalue weighted by Gasteiger charge is 2.13. The Bertz CT molecular complexity index is 514. The van der Waals surface area contributed by atoms with Crippen molar-refractivity contribution in [3.63, 3.8) is 0 Å². The quantitative estimate of drug-likeness (QED) is 0.917. The van der Waals surface area contributed by atoms with Crippen LogP contribution < -0.4 is 5.73 Å². The van der Waals surface area contributed by atoms with Crippen molar-refractivity contribution in [3.05, 3.63) is 28.7 Å². The summed E-state index contributed by atoms with van der Waals surface area (Å²) in [5.41, 5.74) is 6.26. The third kappa shape index (κ3) is 3.14. The summed E-state index contributed by atoms with van der Waals surface area (Å²) in [7, 11) is 0. The molecule has 1 unspecified atom stereocenters. The van der Waals surface area contributed by atoms with Gasteiger partial charge in [-0.2, -0.15) is 4.98 Å². The maximum Gasteiger partial charge on any atom is 0.227 e. The number of nitrogens with zero attached hydrogens (tertiary/aromatic N) is 3. The van der Waals surface area contributed by atoms with Crippen molar-refractivity contribution >= 4 is 15.9 Å². The third-order valence-corrected chi connectivity index (χ3v) is 3.33. The van der Waals surface area contributed by atoms with E-state index in [9.17, 15) is 0 Å². The molecule has 0 bridgehead atoms. The molecule has 2 aromatic rings. The second-order valence-electron chi connectivity index (χ2n) is 4.23. The van der Waals surface area contributed by atoms with Crippen LogP contribution >= 0.6 is 15.9 Å². The fraction of sp³-hybridized carbons (Fsp3) is 0.417. The molecule has 0 saturated heterocycles. The number of hydrogen-bond donors (Lipinski definition) is 1. The molecule has 0 amide bonds. The van der Waals surface area contributed by atoms with Gasteiger partial charge in [0.1, 0.15) is 5.69 Å². The van der Waals surface area contributed by atoms with E-state index in [4.69, 9.17) is 10.3 Å². The van der Waals surface area contributed by atoms with Crippen LogP contribution in [0.15, 0.2) is 27.3 Å². The van der Waals surface area contributed by atoms with Gasteiger partial charge in [-0.25, -0.2) is 0 Å². The molecule has 6 heteroatoms. The first-order valence-corrected chi connectivity index (χ1v) is 6.63. The lowest BCUT2D eigenvalue weighted by molar-refractivity contribution is 0.366. The first kappa shape index (κ1) is 13.2. The molecular weight excluding hydrogens is 296 g/mol. The highest BCUT2D eigenvalue weighted by Crippen LogP contribution is 2.23. The Hall–Kier alpha value is -1.27. The minimum absolute atomic E-state index is 0.460. The summed E-state index contributed by atoms with van der Waals surface area (Å²) in [5, 5.41) is 3.94. The molecule has 0 aliphatic rings. The summed E-state index contributed by atoms with van der Waals surface area (Å²) in [4.78, 5) is 8.56. The Balaban J connectivity index is 2.09. The van der Waals surface area contributed by atoms with Crippen molar-refractivity contribution < 1.29 is 4.52 Å². The van der Waals surface area contributed by atoms with Gasteiger partial charge in [-0.3, -0.25) is 4.98 Å². The van der Waals surface area contributed by atoms with Crippen molar-refractivity contribution in [2.45, 2.75) is 19.8 Å². The van der Waals surface area contributed by atoms with Gasteiger partial charge in [-0.15, -0.1) is 0 Å². The molecule has 2 rings (SSSR count). The van der Waals surface area contributed by atoms with Crippen LogP contribution in [-0.2, 0) is 6.42 Å². The van der Waals surface area contributed by atoms with Gasteiger partial charge in [-0.05, 0) is 46.9 Å². The minimum Gasteiger partial charge on any atom is -0.339 e. The van der Waals surface area contributed by atoms with Gasteiger partial charge in [0.05, 0.1) is 0 Å². The van der Waals surface area contributed by atoms with Crippen molar-refractivity contribution in [1.82, 2.24) is 15.1 Å². The first-order valence-electron chi connectivity index (χ1n) is 5.84. The van der Waals surface area contributed by atoms with E-state index in [-0.39, 0.29) is 0 Å². The number of aromatic nitrogens is 3. The van der Waals surface area contributed by atoms with Gasteiger partial charge in [0, 0.05) is 17.1 Å². The lowest BCUT2D eigenvalue weighted by atomic mass is 10.1. The Morgan fingerprint density at radius 2 is 2.33 bits per heavy atom. The number of rotatable bonds is 5. The average molecular weight is 311 g/mol. The minimum atomic E-state index is 0.460. The number of aryl methyl sites for hydroxylation is 1. The molecule has 2 aromatic heterocycles. The summed E-state index contributed by atoms with van der Waals surface area (Å²) in [6, 6.07) is 3.74. The van der Waals surface area contributed by atoms with Crippen molar-refractivity contribution in [2.24, 2.45) is 11.7 Å². The summed E-state index contributed by atoms with van der Waals surface area (Å²) in [6.45, 7) is 2.78. The van der Waals surface area contributed by atoms with E-state index in [2.05, 4.69) is 38.0 Å². The Morgan fingerprint density at radius 1 is 1.50 bits per heavy atom. The fourth-order valence-electron chi connectivity index (χ4n) is 1.49. The van der Waals surface area contributed by atoms with E-state index in [1.165, 1.54) is 0 Å². The maximum absolute atomic E-state index is 5.57. The molecule has 2 N–H and O–H groups in total. The topological polar surface area (TPSA) is 77.8 Å². The molecule has 0 aromatic carbocycles. The summed E-state index contributed by atoms with van der Waals surface area (Å²) < 4.78 is 6.06. The van der Waals surface area contributed by atoms with Crippen LogP contribution in [0.25, 0.3) is 11.5 Å². The van der Waals surface area contributed by atoms with E-state index in [1.54, 1.807) is 6.20 Å². The van der Waals surface area contributed by atoms with Gasteiger partial charge in [0.25, 0.3) is 0 Å². The number of nitrogens with two attached hydrogens (primary N) is 1. The lowest BCUT2D eigenvalue weighted by Gasteiger charge is -2.03. The van der Waals surface area contributed by atoms with E-state index in [1.807, 2.05) is 12.1 Å². The van der Waals surface area contributed by atoms with Gasteiger partial charge < -0.3 is 10.3 Å². The van der Waals surface area contributed by atoms with E-state index < -0.39 is 0 Å². The van der Waals surface area contributed by atoms with Crippen LogP contribution in [-0.4, -0.2) is 21.7 Å². The molecule has 0 aliphatic carbocycles. The molecule has 0 saturated carbocycles. The molecule has 0 fully saturated rings. The lowest BCUT2D eigenvalue weighted by Crippen LogP contribution is -2.11. The predicted molar refractivity (Wildman–Crippen MR) is 71.8 cm³/mol. The van der Waals surface area contributed by atoms with Crippen molar-refractivity contribution in [1.29, 1.82) is 0 Å². The smallest absolute Gasteiger partial charge is 0.227 e. The average Bonchev–Trinajstić information content (AvgIpc) is 2.85. The largest absolute Gasteiger partial charge is 0.339 e. The normalized spacial score (nSPS) is 12.6. The Morgan fingerprint density at radius 3 is 3.06 bits per heavy atom. The Kier molecular flexibility index (Phi) is 4.43. The fourth-order valence-corrected chi connectivity index (χ4v) is 1.92. The Labute approximate surface area is 114 Å². The summed E-state index contributed by atoms with van der Waals surface area (Å²) in [5.74, 6) is 1.60. The molecule has 0 spiro atoms. The SMILES string of the molecule is CC(CN)CCc1nc(-c2ncccc2Br)no1. The molecule has 5 nitrogen and oxygen atoms in total. The van der Waals surface area contributed by atoms with Gasteiger partial charge in [0.2, 0.25) is 11.7 Å². The first-order chi connectivity index (χ1) is 8.70. The second-order valence-corrected chi connectivity index (χ2v) is 5.08. The molecule has 0 radical (unpaired) electrons. The zero-order chi connectivity index (χ0) is 13.0. The molecule has 1 atom stereocenters. The summed E-state index contributed by atoms with van der Waals surface area (Å²) >= 11 is 3.41. The molecule has 2 heterocycles. The predicted octanol–water partition coefficient (Wildman–Crippen LogP) is 2.42. The van der Waals surface area contributed by atoms with Gasteiger partial charge >= 0.3 is 0 Å². The molecular formula is C12H15BrN4O. The van der Waals surface area contributed by atoms with Gasteiger partial charge in [0.15, 0.2) is 0 Å². The monoisotopic (exact) mass is 310 g/mol. The summed E-state index contributed by atoms with van der Waals surface area (Å²) in [6.07, 6.45) is 3.39. The number of halogens is 1. The number of hydrogen-bond acceptors (Lipinski definition) is 5. The van der Waals surface area contributed by atoms with E-state index in [0.29, 0.717) is 29.9 Å². The van der Waals surface area contributed by atoms with Crippen LogP contribution in [0.4, 0.5) is 0 Å². The highest BCUT2D eigenvalue weighted by molar-refractivity contribution is 9.10. The van der Waals surface area contributed by atoms with Crippen molar-refractivity contribution in [3.8, 4) is 11.5 Å². The zero-order valence-corrected chi connectivity index (χ0v) is 11.7.